The zero-order valence-corrected chi connectivity index (χ0v) is 25.7. The van der Waals surface area contributed by atoms with Crippen LogP contribution in [0.3, 0.4) is 0 Å². The van der Waals surface area contributed by atoms with E-state index in [2.05, 4.69) is 6.92 Å². The van der Waals surface area contributed by atoms with Gasteiger partial charge in [0.2, 0.25) is 5.91 Å². The van der Waals surface area contributed by atoms with Gasteiger partial charge >= 0.3 is 12.3 Å². The predicted octanol–water partition coefficient (Wildman–Crippen LogP) is 8.34. The quantitative estimate of drug-likeness (QED) is 0.224. The Morgan fingerprint density at radius 1 is 1.14 bits per heavy atom. The first-order chi connectivity index (χ1) is 19.7. The summed E-state index contributed by atoms with van der Waals surface area (Å²) in [5.41, 5.74) is 3.75. The number of anilines is 1. The molecule has 6 nitrogen and oxygen atoms in total. The summed E-state index contributed by atoms with van der Waals surface area (Å²) in [6.45, 7) is 12.4. The third kappa shape index (κ3) is 8.34. The largest absolute Gasteiger partial charge is 0.447 e. The van der Waals surface area contributed by atoms with Crippen molar-refractivity contribution in [3.63, 3.8) is 0 Å². The van der Waals surface area contributed by atoms with Crippen LogP contribution < -0.4 is 4.90 Å². The maximum Gasteiger partial charge on any atom is 0.410 e. The van der Waals surface area contributed by atoms with Gasteiger partial charge in [0.05, 0.1) is 18.3 Å². The number of rotatable bonds is 8. The smallest absolute Gasteiger partial charge is 0.410 e. The van der Waals surface area contributed by atoms with E-state index in [-0.39, 0.29) is 37.3 Å². The van der Waals surface area contributed by atoms with Crippen LogP contribution in [0, 0.1) is 11.7 Å². The highest BCUT2D eigenvalue weighted by molar-refractivity contribution is 6.12. The van der Waals surface area contributed by atoms with Crippen LogP contribution in [0.25, 0.3) is 0 Å². The number of ether oxygens (including phenoxy) is 1. The number of allylic oxidation sites excluding steroid dienone is 2. The summed E-state index contributed by atoms with van der Waals surface area (Å²) in [5, 5.41) is 0. The normalized spacial score (nSPS) is 19.0. The minimum absolute atomic E-state index is 0.106. The molecular weight excluding hydrogens is 550 g/mol. The van der Waals surface area contributed by atoms with Crippen molar-refractivity contribution < 1.29 is 31.9 Å². The van der Waals surface area contributed by atoms with Crippen molar-refractivity contribution >= 4 is 23.4 Å². The van der Waals surface area contributed by atoms with Crippen LogP contribution in [0.5, 0.6) is 0 Å². The van der Waals surface area contributed by atoms with Gasteiger partial charge in [-0.05, 0) is 83.4 Å². The van der Waals surface area contributed by atoms with Gasteiger partial charge in [-0.2, -0.15) is 13.2 Å². The molecule has 0 radical (unpaired) electrons. The SMILES string of the molecule is CC(CN1C(=O)C2(CN(C(=O)OC(C)C)C2)c2ccc(F)cc21)=NC1=C(C)CCCC1.CCC(C)CCCC(F)(F)F. The number of carbonyl (C=O) groups excluding carboxylic acids is 2. The van der Waals surface area contributed by atoms with Gasteiger partial charge in [-0.3, -0.25) is 9.79 Å². The van der Waals surface area contributed by atoms with Crippen LogP contribution in [0.4, 0.5) is 28.0 Å². The molecule has 1 unspecified atom stereocenters. The first kappa shape index (κ1) is 33.6. The lowest BCUT2D eigenvalue weighted by Crippen LogP contribution is -2.65. The molecule has 0 aromatic heterocycles. The van der Waals surface area contributed by atoms with Crippen molar-refractivity contribution in [1.82, 2.24) is 4.90 Å². The first-order valence-corrected chi connectivity index (χ1v) is 15.0. The lowest BCUT2D eigenvalue weighted by atomic mass is 9.75. The van der Waals surface area contributed by atoms with Crippen LogP contribution >= 0.6 is 0 Å². The number of aliphatic imine (C=N–C) groups is 1. The molecule has 1 aliphatic carbocycles. The molecule has 1 atom stereocenters. The van der Waals surface area contributed by atoms with E-state index in [0.29, 0.717) is 24.6 Å². The van der Waals surface area contributed by atoms with E-state index in [9.17, 15) is 27.2 Å². The molecule has 10 heteroatoms. The van der Waals surface area contributed by atoms with E-state index in [0.717, 1.165) is 42.7 Å². The van der Waals surface area contributed by atoms with E-state index in [1.54, 1.807) is 24.8 Å². The Kier molecular flexibility index (Phi) is 11.2. The Labute approximate surface area is 247 Å². The second-order valence-corrected chi connectivity index (χ2v) is 12.2. The number of likely N-dealkylation sites (tertiary alicyclic amines) is 1. The monoisotopic (exact) mass is 595 g/mol. The van der Waals surface area contributed by atoms with Crippen LogP contribution in [0.1, 0.15) is 98.5 Å². The molecule has 4 rings (SSSR count). The van der Waals surface area contributed by atoms with Crippen LogP contribution in [-0.2, 0) is 14.9 Å². The van der Waals surface area contributed by atoms with Crippen molar-refractivity contribution in [2.45, 2.75) is 111 Å². The van der Waals surface area contributed by atoms with E-state index < -0.39 is 24.1 Å². The van der Waals surface area contributed by atoms with Crippen molar-refractivity contribution in [3.8, 4) is 0 Å². The molecule has 0 N–H and O–H groups in total. The molecule has 234 valence electrons. The summed E-state index contributed by atoms with van der Waals surface area (Å²) in [4.78, 5) is 33.7. The minimum Gasteiger partial charge on any atom is -0.447 e. The maximum absolute atomic E-state index is 14.1. The van der Waals surface area contributed by atoms with Gasteiger partial charge in [0.1, 0.15) is 11.2 Å². The molecule has 1 aromatic rings. The number of hydrogen-bond donors (Lipinski definition) is 0. The Morgan fingerprint density at radius 2 is 1.81 bits per heavy atom. The van der Waals surface area contributed by atoms with Gasteiger partial charge in [0, 0.05) is 30.9 Å². The number of fused-ring (bicyclic) bond motifs is 2. The van der Waals surface area contributed by atoms with Gasteiger partial charge in [0.25, 0.3) is 0 Å². The number of amides is 2. The average Bonchev–Trinajstić information content (AvgIpc) is 3.10. The molecule has 1 saturated heterocycles. The van der Waals surface area contributed by atoms with Gasteiger partial charge in [-0.25, -0.2) is 9.18 Å². The number of nitrogens with zero attached hydrogens (tertiary/aromatic N) is 3. The number of alkyl halides is 3. The number of carbonyl (C=O) groups is 2. The minimum atomic E-state index is -3.96. The zero-order valence-electron chi connectivity index (χ0n) is 25.7. The maximum atomic E-state index is 14.1. The molecule has 3 aliphatic rings. The second-order valence-electron chi connectivity index (χ2n) is 12.2. The van der Waals surface area contributed by atoms with Gasteiger partial charge in [0.15, 0.2) is 0 Å². The van der Waals surface area contributed by atoms with E-state index in [1.807, 2.05) is 20.8 Å². The molecule has 2 heterocycles. The fourth-order valence-corrected chi connectivity index (χ4v) is 5.63. The van der Waals surface area contributed by atoms with Crippen LogP contribution in [-0.4, -0.2) is 54.5 Å². The zero-order chi connectivity index (χ0) is 31.2. The molecule has 0 saturated carbocycles. The third-order valence-electron chi connectivity index (χ3n) is 8.21. The van der Waals surface area contributed by atoms with E-state index >= 15 is 0 Å². The first-order valence-electron chi connectivity index (χ1n) is 15.0. The Balaban J connectivity index is 0.000000375. The van der Waals surface area contributed by atoms with Gasteiger partial charge in [-0.15, -0.1) is 0 Å². The summed E-state index contributed by atoms with van der Waals surface area (Å²) < 4.78 is 54.2. The molecule has 2 amide bonds. The lowest BCUT2D eigenvalue weighted by Gasteiger charge is -2.46. The summed E-state index contributed by atoms with van der Waals surface area (Å²) in [6.07, 6.45) is 1.04. The highest BCUT2D eigenvalue weighted by Crippen LogP contribution is 2.47. The fourth-order valence-electron chi connectivity index (χ4n) is 5.63. The van der Waals surface area contributed by atoms with E-state index in [4.69, 9.17) is 9.73 Å². The van der Waals surface area contributed by atoms with E-state index in [1.165, 1.54) is 29.0 Å². The molecule has 1 spiro atoms. The van der Waals surface area contributed by atoms with Crippen molar-refractivity contribution in [2.75, 3.05) is 24.5 Å². The summed E-state index contributed by atoms with van der Waals surface area (Å²) in [5.74, 6) is -0.0626. The predicted molar refractivity (Wildman–Crippen MR) is 157 cm³/mol. The molecule has 1 fully saturated rings. The molecule has 42 heavy (non-hydrogen) atoms. The fraction of sp³-hybridized carbons (Fsp3) is 0.656. The number of halogens is 4. The number of benzene rings is 1. The standard InChI is InChI=1S/C24H30FN3O3.C8H15F3/c1-15(2)31-23(30)27-13-24(14-27)19-10-9-18(25)11-21(19)28(22(24)29)12-17(4)26-20-8-6-5-7-16(20)3;1-3-7(2)5-4-6-8(9,10)11/h9-11,15H,5-8,12-14H2,1-4H3;7H,3-6H2,1-2H3. The van der Waals surface area contributed by atoms with Crippen LogP contribution in [0.15, 0.2) is 34.5 Å². The molecule has 1 aromatic carbocycles. The summed E-state index contributed by atoms with van der Waals surface area (Å²) in [7, 11) is 0. The number of hydrogen-bond acceptors (Lipinski definition) is 4. The second kappa shape index (κ2) is 14.0. The molecule has 2 aliphatic heterocycles. The van der Waals surface area contributed by atoms with Crippen molar-refractivity contribution in [1.29, 1.82) is 0 Å². The topological polar surface area (TPSA) is 62.2 Å². The highest BCUT2D eigenvalue weighted by atomic mass is 19.4. The highest BCUT2D eigenvalue weighted by Gasteiger charge is 2.59. The van der Waals surface area contributed by atoms with Gasteiger partial charge < -0.3 is 14.5 Å². The van der Waals surface area contributed by atoms with Crippen molar-refractivity contribution in [2.24, 2.45) is 10.9 Å². The summed E-state index contributed by atoms with van der Waals surface area (Å²) >= 11 is 0. The lowest BCUT2D eigenvalue weighted by molar-refractivity contribution is -0.136. The van der Waals surface area contributed by atoms with Crippen LogP contribution in [0.2, 0.25) is 0 Å². The average molecular weight is 596 g/mol. The summed E-state index contributed by atoms with van der Waals surface area (Å²) in [6, 6.07) is 4.47. The Bertz CT molecular complexity index is 1190. The third-order valence-corrected chi connectivity index (χ3v) is 8.21. The molecular formula is C32H45F4N3O3. The Morgan fingerprint density at radius 3 is 2.40 bits per heavy atom. The van der Waals surface area contributed by atoms with Gasteiger partial charge in [-0.1, -0.05) is 38.3 Å². The Hall–Kier alpha value is -2.91. The molecule has 0 bridgehead atoms. The van der Waals surface area contributed by atoms with Crippen molar-refractivity contribution in [3.05, 3.63) is 40.8 Å².